The normalized spacial score (nSPS) is 16.7. The zero-order valence-electron chi connectivity index (χ0n) is 11.2. The number of carbonyl (C=O) groups excluding carboxylic acids is 1. The number of rotatable bonds is 2. The number of carbonyl (C=O) groups is 1. The minimum atomic E-state index is -0.328. The highest BCUT2D eigenvalue weighted by atomic mass is 35.5. The van der Waals surface area contributed by atoms with Crippen molar-refractivity contribution < 1.29 is 14.6 Å². The summed E-state index contributed by atoms with van der Waals surface area (Å²) >= 11 is 5.77. The molecule has 0 fully saturated rings. The van der Waals surface area contributed by atoms with Crippen LogP contribution in [0.2, 0.25) is 5.02 Å². The van der Waals surface area contributed by atoms with Crippen molar-refractivity contribution in [2.24, 2.45) is 0 Å². The van der Waals surface area contributed by atoms with Gasteiger partial charge in [-0.25, -0.2) is 0 Å². The van der Waals surface area contributed by atoms with Gasteiger partial charge in [-0.2, -0.15) is 0 Å². The van der Waals surface area contributed by atoms with Gasteiger partial charge < -0.3 is 15.2 Å². The number of amides is 1. The maximum atomic E-state index is 12.3. The highest BCUT2D eigenvalue weighted by molar-refractivity contribution is 6.30. The van der Waals surface area contributed by atoms with Crippen LogP contribution in [-0.4, -0.2) is 17.6 Å². The average molecular weight is 304 g/mol. The molecule has 1 amide bonds. The molecule has 2 N–H and O–H groups in total. The fraction of sp³-hybridized carbons (Fsp3) is 0.188. The van der Waals surface area contributed by atoms with E-state index in [9.17, 15) is 9.90 Å². The third kappa shape index (κ3) is 2.81. The second-order valence-electron chi connectivity index (χ2n) is 4.86. The quantitative estimate of drug-likeness (QED) is 0.895. The maximum Gasteiger partial charge on any atom is 0.255 e. The van der Waals surface area contributed by atoms with E-state index in [1.165, 1.54) is 12.1 Å². The number of phenolic OH excluding ortho intramolecular Hbond substituents is 1. The first-order valence-corrected chi connectivity index (χ1v) is 7.04. The number of phenols is 1. The Hall–Kier alpha value is -2.20. The molecule has 0 aliphatic carbocycles. The number of fused-ring (bicyclic) bond motifs is 1. The van der Waals surface area contributed by atoms with Crippen LogP contribution in [0, 0.1) is 0 Å². The zero-order chi connectivity index (χ0) is 14.8. The van der Waals surface area contributed by atoms with Gasteiger partial charge in [0.05, 0.1) is 18.2 Å². The van der Waals surface area contributed by atoms with E-state index in [1.54, 1.807) is 6.07 Å². The average Bonchev–Trinajstić information content (AvgIpc) is 2.47. The van der Waals surface area contributed by atoms with Crippen molar-refractivity contribution in [1.82, 2.24) is 5.32 Å². The van der Waals surface area contributed by atoms with Gasteiger partial charge in [-0.3, -0.25) is 4.79 Å². The molecule has 1 heterocycles. The van der Waals surface area contributed by atoms with Gasteiger partial charge >= 0.3 is 0 Å². The summed E-state index contributed by atoms with van der Waals surface area (Å²) in [5.74, 6) is 0.334. The highest BCUT2D eigenvalue weighted by Gasteiger charge is 2.23. The minimum absolute atomic E-state index is 0.125. The van der Waals surface area contributed by atoms with Crippen molar-refractivity contribution in [3.8, 4) is 11.5 Å². The monoisotopic (exact) mass is 303 g/mol. The van der Waals surface area contributed by atoms with Gasteiger partial charge in [0, 0.05) is 17.0 Å². The lowest BCUT2D eigenvalue weighted by Gasteiger charge is -2.26. The molecule has 2 aromatic rings. The summed E-state index contributed by atoms with van der Waals surface area (Å²) in [4.78, 5) is 12.3. The van der Waals surface area contributed by atoms with Crippen molar-refractivity contribution in [2.45, 2.75) is 12.5 Å². The first-order valence-electron chi connectivity index (χ1n) is 6.66. The number of aromatic hydroxyl groups is 1. The molecule has 21 heavy (non-hydrogen) atoms. The Morgan fingerprint density at radius 1 is 1.29 bits per heavy atom. The maximum absolute atomic E-state index is 12.3. The van der Waals surface area contributed by atoms with E-state index in [4.69, 9.17) is 16.3 Å². The van der Waals surface area contributed by atoms with Gasteiger partial charge in [0.15, 0.2) is 0 Å². The summed E-state index contributed by atoms with van der Waals surface area (Å²) in [6, 6.07) is 11.9. The Labute approximate surface area is 127 Å². The van der Waals surface area contributed by atoms with E-state index in [1.807, 2.05) is 24.3 Å². The number of para-hydroxylation sites is 1. The van der Waals surface area contributed by atoms with Crippen molar-refractivity contribution in [1.29, 1.82) is 0 Å². The molecule has 0 spiro atoms. The number of hydrogen-bond donors (Lipinski definition) is 2. The van der Waals surface area contributed by atoms with E-state index < -0.39 is 0 Å². The predicted octanol–water partition coefficient (Wildman–Crippen LogP) is 3.30. The fourth-order valence-electron chi connectivity index (χ4n) is 2.42. The molecule has 4 nitrogen and oxygen atoms in total. The molecule has 0 saturated heterocycles. The van der Waals surface area contributed by atoms with Gasteiger partial charge in [0.2, 0.25) is 0 Å². The third-order valence-corrected chi connectivity index (χ3v) is 3.70. The molecule has 0 aromatic heterocycles. The molecular formula is C16H14ClNO3. The van der Waals surface area contributed by atoms with Gasteiger partial charge in [0.25, 0.3) is 5.91 Å². The lowest BCUT2D eigenvalue weighted by Crippen LogP contribution is -2.32. The molecule has 108 valence electrons. The molecule has 1 aliphatic rings. The van der Waals surface area contributed by atoms with Crippen LogP contribution in [0.25, 0.3) is 0 Å². The summed E-state index contributed by atoms with van der Waals surface area (Å²) in [5.41, 5.74) is 1.16. The van der Waals surface area contributed by atoms with Crippen molar-refractivity contribution in [2.75, 3.05) is 6.61 Å². The van der Waals surface area contributed by atoms with Crippen LogP contribution in [-0.2, 0) is 0 Å². The standard InChI is InChI=1S/C16H14ClNO3/c17-10-5-6-12(14(19)9-10)16(20)18-13-7-8-21-15-4-2-1-3-11(13)15/h1-6,9,13,19H,7-8H2,(H,18,20)/t13-/m1/s1. The molecule has 1 atom stereocenters. The van der Waals surface area contributed by atoms with Crippen molar-refractivity contribution >= 4 is 17.5 Å². The predicted molar refractivity (Wildman–Crippen MR) is 79.9 cm³/mol. The first kappa shape index (κ1) is 13.8. The van der Waals surface area contributed by atoms with Crippen LogP contribution in [0.5, 0.6) is 11.5 Å². The van der Waals surface area contributed by atoms with Crippen LogP contribution < -0.4 is 10.1 Å². The molecule has 0 unspecified atom stereocenters. The molecular weight excluding hydrogens is 290 g/mol. The Morgan fingerprint density at radius 2 is 2.10 bits per heavy atom. The summed E-state index contributed by atoms with van der Waals surface area (Å²) in [6.45, 7) is 0.550. The molecule has 5 heteroatoms. The topological polar surface area (TPSA) is 58.6 Å². The Kier molecular flexibility index (Phi) is 3.71. The minimum Gasteiger partial charge on any atom is -0.507 e. The van der Waals surface area contributed by atoms with Gasteiger partial charge in [0.1, 0.15) is 11.5 Å². The van der Waals surface area contributed by atoms with Crippen molar-refractivity contribution in [3.63, 3.8) is 0 Å². The lowest BCUT2D eigenvalue weighted by atomic mass is 10.00. The molecule has 1 aliphatic heterocycles. The molecule has 2 aromatic carbocycles. The van der Waals surface area contributed by atoms with Crippen LogP contribution in [0.15, 0.2) is 42.5 Å². The number of hydrogen-bond acceptors (Lipinski definition) is 3. The van der Waals surface area contributed by atoms with Crippen LogP contribution in [0.3, 0.4) is 0 Å². The smallest absolute Gasteiger partial charge is 0.255 e. The molecule has 0 radical (unpaired) electrons. The third-order valence-electron chi connectivity index (χ3n) is 3.47. The van der Waals surface area contributed by atoms with E-state index in [-0.39, 0.29) is 23.3 Å². The molecule has 3 rings (SSSR count). The Morgan fingerprint density at radius 3 is 2.90 bits per heavy atom. The summed E-state index contributed by atoms with van der Waals surface area (Å²) in [7, 11) is 0. The van der Waals surface area contributed by atoms with Gasteiger partial charge in [-0.1, -0.05) is 29.8 Å². The van der Waals surface area contributed by atoms with Crippen LogP contribution >= 0.6 is 11.6 Å². The highest BCUT2D eigenvalue weighted by Crippen LogP contribution is 2.32. The first-order chi connectivity index (χ1) is 10.1. The fourth-order valence-corrected chi connectivity index (χ4v) is 2.59. The van der Waals surface area contributed by atoms with Gasteiger partial charge in [-0.15, -0.1) is 0 Å². The lowest BCUT2D eigenvalue weighted by molar-refractivity contribution is 0.0922. The molecule has 0 saturated carbocycles. The van der Waals surface area contributed by atoms with E-state index in [0.717, 1.165) is 11.3 Å². The molecule has 0 bridgehead atoms. The second-order valence-corrected chi connectivity index (χ2v) is 5.30. The van der Waals surface area contributed by atoms with Gasteiger partial charge in [-0.05, 0) is 24.3 Å². The largest absolute Gasteiger partial charge is 0.507 e. The number of benzene rings is 2. The van der Waals surface area contributed by atoms with Crippen LogP contribution in [0.1, 0.15) is 28.4 Å². The van der Waals surface area contributed by atoms with E-state index in [0.29, 0.717) is 18.1 Å². The zero-order valence-corrected chi connectivity index (χ0v) is 11.9. The summed E-state index contributed by atoms with van der Waals surface area (Å²) in [5, 5.41) is 13.1. The van der Waals surface area contributed by atoms with Crippen molar-refractivity contribution in [3.05, 3.63) is 58.6 Å². The Bertz CT molecular complexity index is 687. The second kappa shape index (κ2) is 5.66. The Balaban J connectivity index is 1.83. The number of ether oxygens (including phenoxy) is 1. The SMILES string of the molecule is O=C(N[C@@H]1CCOc2ccccc21)c1ccc(Cl)cc1O. The summed E-state index contributed by atoms with van der Waals surface area (Å²) in [6.07, 6.45) is 0.692. The summed E-state index contributed by atoms with van der Waals surface area (Å²) < 4.78 is 5.56. The number of nitrogens with one attached hydrogen (secondary N) is 1. The van der Waals surface area contributed by atoms with E-state index in [2.05, 4.69) is 5.32 Å². The van der Waals surface area contributed by atoms with E-state index >= 15 is 0 Å². The van der Waals surface area contributed by atoms with Crippen LogP contribution in [0.4, 0.5) is 0 Å². The number of halogens is 1.